The Morgan fingerprint density at radius 2 is 1.91 bits per heavy atom. The van der Waals surface area contributed by atoms with E-state index in [0.29, 0.717) is 36.4 Å². The quantitative estimate of drug-likeness (QED) is 0.421. The van der Waals surface area contributed by atoms with E-state index < -0.39 is 11.6 Å². The second-order valence-corrected chi connectivity index (χ2v) is 9.05. The third-order valence-electron chi connectivity index (χ3n) is 6.35. The standard InChI is InChI=1S/C24H22ClF2N5O2/c1-12-13(2)29-23-17(22-18(26)7-16(25)8-19(22)27)9-20(30-32(23)24(12)33)14-4-5-34-21(6-14)15-10-28-31(3)11-15/h7-11,14,21H,4-6H2,1-3H3/t14-,21+/m0/s1. The van der Waals surface area contributed by atoms with Crippen LogP contribution in [-0.2, 0) is 11.8 Å². The molecule has 0 saturated carbocycles. The molecule has 7 nitrogen and oxygen atoms in total. The summed E-state index contributed by atoms with van der Waals surface area (Å²) >= 11 is 5.84. The minimum absolute atomic E-state index is 0.0572. The van der Waals surface area contributed by atoms with Crippen molar-refractivity contribution >= 4 is 17.2 Å². The highest BCUT2D eigenvalue weighted by Gasteiger charge is 2.29. The predicted octanol–water partition coefficient (Wildman–Crippen LogP) is 4.67. The van der Waals surface area contributed by atoms with Crippen LogP contribution in [0.3, 0.4) is 0 Å². The molecule has 2 atom stereocenters. The summed E-state index contributed by atoms with van der Waals surface area (Å²) in [5.41, 5.74) is 1.94. The number of fused-ring (bicyclic) bond motifs is 1. The zero-order chi connectivity index (χ0) is 24.1. The minimum atomic E-state index is -0.836. The van der Waals surface area contributed by atoms with E-state index in [-0.39, 0.29) is 39.4 Å². The van der Waals surface area contributed by atoms with Crippen molar-refractivity contribution in [2.24, 2.45) is 7.05 Å². The van der Waals surface area contributed by atoms with Gasteiger partial charge < -0.3 is 4.74 Å². The highest BCUT2D eigenvalue weighted by molar-refractivity contribution is 6.30. The van der Waals surface area contributed by atoms with Gasteiger partial charge in [-0.25, -0.2) is 13.8 Å². The van der Waals surface area contributed by atoms with Gasteiger partial charge in [0.05, 0.1) is 23.6 Å². The van der Waals surface area contributed by atoms with E-state index in [1.807, 2.05) is 13.2 Å². The van der Waals surface area contributed by atoms with Crippen LogP contribution in [0.5, 0.6) is 0 Å². The Hall–Kier alpha value is -3.17. The Kier molecular flexibility index (Phi) is 5.69. The SMILES string of the molecule is Cc1nc2c(-c3c(F)cc(Cl)cc3F)cc([C@H]3CCO[C@@H](c4cnn(C)c4)C3)nn2c(=O)c1C. The lowest BCUT2D eigenvalue weighted by Crippen LogP contribution is -2.25. The molecule has 1 aliphatic heterocycles. The zero-order valence-corrected chi connectivity index (χ0v) is 19.6. The molecule has 0 N–H and O–H groups in total. The molecule has 1 saturated heterocycles. The van der Waals surface area contributed by atoms with Gasteiger partial charge in [0, 0.05) is 53.2 Å². The molecule has 10 heteroatoms. The van der Waals surface area contributed by atoms with E-state index in [2.05, 4.69) is 15.2 Å². The molecule has 1 aromatic carbocycles. The lowest BCUT2D eigenvalue weighted by Gasteiger charge is -2.29. The summed E-state index contributed by atoms with van der Waals surface area (Å²) < 4.78 is 38.7. The van der Waals surface area contributed by atoms with Crippen molar-refractivity contribution in [3.8, 4) is 11.1 Å². The average molecular weight is 486 g/mol. The molecule has 34 heavy (non-hydrogen) atoms. The number of hydrogen-bond acceptors (Lipinski definition) is 5. The second kappa shape index (κ2) is 8.56. The van der Waals surface area contributed by atoms with Crippen LogP contribution in [0, 0.1) is 25.5 Å². The smallest absolute Gasteiger partial charge is 0.277 e. The van der Waals surface area contributed by atoms with Gasteiger partial charge >= 0.3 is 0 Å². The lowest BCUT2D eigenvalue weighted by atomic mass is 9.89. The largest absolute Gasteiger partial charge is 0.373 e. The summed E-state index contributed by atoms with van der Waals surface area (Å²) in [7, 11) is 1.83. The van der Waals surface area contributed by atoms with Gasteiger partial charge in [0.1, 0.15) is 11.6 Å². The highest BCUT2D eigenvalue weighted by atomic mass is 35.5. The summed E-state index contributed by atoms with van der Waals surface area (Å²) in [6.45, 7) is 3.81. The summed E-state index contributed by atoms with van der Waals surface area (Å²) in [5.74, 6) is -1.78. The number of benzene rings is 1. The highest BCUT2D eigenvalue weighted by Crippen LogP contribution is 2.39. The Balaban J connectivity index is 1.70. The maximum Gasteiger partial charge on any atom is 0.277 e. The van der Waals surface area contributed by atoms with Crippen molar-refractivity contribution < 1.29 is 13.5 Å². The Labute approximate surface area is 199 Å². The number of nitrogens with zero attached hydrogens (tertiary/aromatic N) is 5. The molecule has 0 amide bonds. The van der Waals surface area contributed by atoms with Gasteiger partial charge in [0.2, 0.25) is 0 Å². The second-order valence-electron chi connectivity index (χ2n) is 8.62. The molecule has 0 unspecified atom stereocenters. The maximum atomic E-state index is 15.0. The Morgan fingerprint density at radius 1 is 1.18 bits per heavy atom. The van der Waals surface area contributed by atoms with E-state index in [1.54, 1.807) is 30.8 Å². The molecule has 3 aromatic heterocycles. The predicted molar refractivity (Wildman–Crippen MR) is 123 cm³/mol. The molecule has 0 spiro atoms. The van der Waals surface area contributed by atoms with Crippen LogP contribution >= 0.6 is 11.6 Å². The molecule has 5 rings (SSSR count). The zero-order valence-electron chi connectivity index (χ0n) is 18.8. The first-order chi connectivity index (χ1) is 16.2. The monoisotopic (exact) mass is 485 g/mol. The van der Waals surface area contributed by atoms with Crippen LogP contribution in [0.2, 0.25) is 5.02 Å². The average Bonchev–Trinajstić information content (AvgIpc) is 3.23. The molecule has 4 aromatic rings. The fourth-order valence-corrected chi connectivity index (χ4v) is 4.60. The Bertz CT molecular complexity index is 1460. The molecule has 0 radical (unpaired) electrons. The number of rotatable bonds is 3. The summed E-state index contributed by atoms with van der Waals surface area (Å²) in [5, 5.41) is 8.75. The molecule has 1 aliphatic rings. The fourth-order valence-electron chi connectivity index (χ4n) is 4.41. The van der Waals surface area contributed by atoms with Gasteiger partial charge in [-0.05, 0) is 44.9 Å². The van der Waals surface area contributed by atoms with Gasteiger partial charge in [-0.3, -0.25) is 9.48 Å². The van der Waals surface area contributed by atoms with Crippen LogP contribution in [0.25, 0.3) is 16.8 Å². The van der Waals surface area contributed by atoms with Crippen LogP contribution < -0.4 is 5.56 Å². The third-order valence-corrected chi connectivity index (χ3v) is 6.57. The van der Waals surface area contributed by atoms with Crippen LogP contribution in [0.1, 0.15) is 47.4 Å². The first-order valence-corrected chi connectivity index (χ1v) is 11.3. The topological polar surface area (TPSA) is 74.3 Å². The number of hydrogen-bond donors (Lipinski definition) is 0. The third kappa shape index (κ3) is 3.88. The van der Waals surface area contributed by atoms with Gasteiger partial charge in [-0.15, -0.1) is 0 Å². The van der Waals surface area contributed by atoms with Crippen molar-refractivity contribution in [3.05, 3.63) is 80.1 Å². The molecule has 0 aliphatic carbocycles. The summed E-state index contributed by atoms with van der Waals surface area (Å²) in [6, 6.07) is 3.72. The minimum Gasteiger partial charge on any atom is -0.373 e. The molecule has 1 fully saturated rings. The molecular weight excluding hydrogens is 464 g/mol. The van der Waals surface area contributed by atoms with E-state index in [0.717, 1.165) is 22.2 Å². The first-order valence-electron chi connectivity index (χ1n) is 10.9. The molecule has 4 heterocycles. The number of aryl methyl sites for hydroxylation is 2. The van der Waals surface area contributed by atoms with E-state index in [4.69, 9.17) is 16.3 Å². The summed E-state index contributed by atoms with van der Waals surface area (Å²) in [6.07, 6.45) is 4.68. The first kappa shape index (κ1) is 22.6. The van der Waals surface area contributed by atoms with Crippen molar-refractivity contribution in [2.75, 3.05) is 6.61 Å². The van der Waals surface area contributed by atoms with Crippen molar-refractivity contribution in [1.29, 1.82) is 0 Å². The maximum absolute atomic E-state index is 15.0. The number of halogens is 3. The van der Waals surface area contributed by atoms with E-state index in [9.17, 15) is 13.6 Å². The Morgan fingerprint density at radius 3 is 2.59 bits per heavy atom. The van der Waals surface area contributed by atoms with Crippen molar-refractivity contribution in [2.45, 2.75) is 38.7 Å². The fraction of sp³-hybridized carbons (Fsp3) is 0.333. The molecule has 176 valence electrons. The van der Waals surface area contributed by atoms with Crippen molar-refractivity contribution in [3.63, 3.8) is 0 Å². The van der Waals surface area contributed by atoms with Crippen LogP contribution in [-0.4, -0.2) is 31.0 Å². The van der Waals surface area contributed by atoms with Gasteiger partial charge in [0.15, 0.2) is 5.65 Å². The van der Waals surface area contributed by atoms with Gasteiger partial charge in [0.25, 0.3) is 5.56 Å². The van der Waals surface area contributed by atoms with Crippen LogP contribution in [0.4, 0.5) is 8.78 Å². The normalized spacial score (nSPS) is 18.5. The van der Waals surface area contributed by atoms with E-state index in [1.165, 1.54) is 0 Å². The van der Waals surface area contributed by atoms with E-state index >= 15 is 0 Å². The lowest BCUT2D eigenvalue weighted by molar-refractivity contribution is 0.00445. The number of aromatic nitrogens is 5. The van der Waals surface area contributed by atoms with Gasteiger partial charge in [-0.1, -0.05) is 11.6 Å². The summed E-state index contributed by atoms with van der Waals surface area (Å²) in [4.78, 5) is 17.6. The van der Waals surface area contributed by atoms with Crippen molar-refractivity contribution in [1.82, 2.24) is 24.4 Å². The van der Waals surface area contributed by atoms with Gasteiger partial charge in [-0.2, -0.15) is 14.7 Å². The molecular formula is C24H22ClF2N5O2. The molecule has 0 bridgehead atoms. The number of ether oxygens (including phenoxy) is 1. The van der Waals surface area contributed by atoms with Crippen LogP contribution in [0.15, 0.2) is 35.4 Å².